The highest BCUT2D eigenvalue weighted by molar-refractivity contribution is 7.13. The molecule has 1 amide bonds. The van der Waals surface area contributed by atoms with Gasteiger partial charge in [0.1, 0.15) is 0 Å². The van der Waals surface area contributed by atoms with Crippen molar-refractivity contribution in [3.63, 3.8) is 0 Å². The first-order chi connectivity index (χ1) is 9.04. The lowest BCUT2D eigenvalue weighted by Crippen LogP contribution is -2.28. The molecule has 3 N–H and O–H groups in total. The molecule has 0 aliphatic carbocycles. The number of benzene rings is 1. The van der Waals surface area contributed by atoms with E-state index in [0.29, 0.717) is 5.13 Å². The van der Waals surface area contributed by atoms with E-state index in [9.17, 15) is 4.79 Å². The van der Waals surface area contributed by atoms with Crippen molar-refractivity contribution in [1.82, 2.24) is 10.3 Å². The van der Waals surface area contributed by atoms with Crippen molar-refractivity contribution in [2.24, 2.45) is 0 Å². The Morgan fingerprint density at radius 2 is 2.32 bits per heavy atom. The summed E-state index contributed by atoms with van der Waals surface area (Å²) >= 11 is 1.35. The number of aromatic nitrogens is 1. The van der Waals surface area contributed by atoms with Crippen molar-refractivity contribution in [1.29, 1.82) is 0 Å². The second-order valence-electron chi connectivity index (χ2n) is 4.56. The maximum Gasteiger partial charge on any atom is 0.226 e. The molecule has 1 heterocycles. The van der Waals surface area contributed by atoms with Gasteiger partial charge in [-0.05, 0) is 19.4 Å². The lowest BCUT2D eigenvalue weighted by atomic mass is 10.1. The number of carbonyl (C=O) groups is 1. The van der Waals surface area contributed by atoms with Gasteiger partial charge in [-0.25, -0.2) is 4.98 Å². The minimum Gasteiger partial charge on any atom is -0.375 e. The summed E-state index contributed by atoms with van der Waals surface area (Å²) in [7, 11) is 0. The third kappa shape index (κ3) is 3.79. The van der Waals surface area contributed by atoms with Gasteiger partial charge < -0.3 is 11.1 Å². The molecule has 0 bridgehead atoms. The second kappa shape index (κ2) is 5.84. The maximum atomic E-state index is 11.9. The summed E-state index contributed by atoms with van der Waals surface area (Å²) in [5.41, 5.74) is 8.55. The minimum atomic E-state index is -0.0423. The number of aryl methyl sites for hydroxylation is 1. The van der Waals surface area contributed by atoms with Crippen LogP contribution in [0, 0.1) is 6.92 Å². The number of anilines is 1. The van der Waals surface area contributed by atoms with Gasteiger partial charge in [0.2, 0.25) is 5.91 Å². The van der Waals surface area contributed by atoms with Crippen LogP contribution in [-0.4, -0.2) is 10.9 Å². The Kier molecular flexibility index (Phi) is 4.16. The van der Waals surface area contributed by atoms with Crippen LogP contribution in [0.5, 0.6) is 0 Å². The van der Waals surface area contributed by atoms with Gasteiger partial charge in [0, 0.05) is 5.38 Å². The van der Waals surface area contributed by atoms with Crippen LogP contribution in [0.4, 0.5) is 5.13 Å². The van der Waals surface area contributed by atoms with Gasteiger partial charge in [0.25, 0.3) is 0 Å². The van der Waals surface area contributed by atoms with Crippen LogP contribution >= 0.6 is 11.3 Å². The quantitative estimate of drug-likeness (QED) is 0.900. The van der Waals surface area contributed by atoms with Crippen LogP contribution in [0.3, 0.4) is 0 Å². The molecule has 0 unspecified atom stereocenters. The van der Waals surface area contributed by atoms with Crippen LogP contribution in [0.25, 0.3) is 0 Å². The number of hydrogen-bond acceptors (Lipinski definition) is 4. The zero-order valence-corrected chi connectivity index (χ0v) is 11.8. The number of nitrogens with two attached hydrogens (primary N) is 1. The van der Waals surface area contributed by atoms with Gasteiger partial charge >= 0.3 is 0 Å². The molecule has 2 rings (SSSR count). The lowest BCUT2D eigenvalue weighted by Gasteiger charge is -2.14. The number of rotatable bonds is 4. The Morgan fingerprint density at radius 1 is 1.53 bits per heavy atom. The molecule has 0 aliphatic rings. The SMILES string of the molecule is Cc1cccc([C@H](C)NC(=O)Cc2csc(N)n2)c1. The zero-order chi connectivity index (χ0) is 13.8. The average molecular weight is 275 g/mol. The third-order valence-electron chi connectivity index (χ3n) is 2.83. The number of hydrogen-bond donors (Lipinski definition) is 2. The van der Waals surface area contributed by atoms with Gasteiger partial charge in [-0.1, -0.05) is 29.8 Å². The molecule has 0 fully saturated rings. The molecule has 0 saturated heterocycles. The summed E-state index contributed by atoms with van der Waals surface area (Å²) in [5, 5.41) is 5.27. The van der Waals surface area contributed by atoms with Gasteiger partial charge in [-0.15, -0.1) is 11.3 Å². The van der Waals surface area contributed by atoms with E-state index in [1.54, 1.807) is 0 Å². The fourth-order valence-electron chi connectivity index (χ4n) is 1.88. The number of nitrogens with zero attached hydrogens (tertiary/aromatic N) is 1. The molecule has 1 atom stereocenters. The number of thiazole rings is 1. The first-order valence-corrected chi connectivity index (χ1v) is 6.98. The van der Waals surface area contributed by atoms with Crippen LogP contribution in [0.2, 0.25) is 0 Å². The monoisotopic (exact) mass is 275 g/mol. The summed E-state index contributed by atoms with van der Waals surface area (Å²) in [5.74, 6) is -0.0423. The second-order valence-corrected chi connectivity index (χ2v) is 5.45. The summed E-state index contributed by atoms with van der Waals surface area (Å²) in [6.45, 7) is 4.01. The third-order valence-corrected chi connectivity index (χ3v) is 3.55. The largest absolute Gasteiger partial charge is 0.375 e. The van der Waals surface area contributed by atoms with E-state index in [1.165, 1.54) is 16.9 Å². The van der Waals surface area contributed by atoms with E-state index in [1.807, 2.05) is 37.4 Å². The van der Waals surface area contributed by atoms with E-state index in [0.717, 1.165) is 11.3 Å². The molecule has 100 valence electrons. The summed E-state index contributed by atoms with van der Waals surface area (Å²) < 4.78 is 0. The standard InChI is InChI=1S/C14H17N3OS/c1-9-4-3-5-11(6-9)10(2)16-13(18)7-12-8-19-14(15)17-12/h3-6,8,10H,7H2,1-2H3,(H2,15,17)(H,16,18)/t10-/m0/s1. The Bertz CT molecular complexity index is 580. The van der Waals surface area contributed by atoms with Crippen LogP contribution in [0.15, 0.2) is 29.6 Å². The first-order valence-electron chi connectivity index (χ1n) is 6.10. The van der Waals surface area contributed by atoms with Gasteiger partial charge in [-0.3, -0.25) is 4.79 Å². The Morgan fingerprint density at radius 3 is 2.95 bits per heavy atom. The number of nitrogens with one attached hydrogen (secondary N) is 1. The molecule has 4 nitrogen and oxygen atoms in total. The molecular weight excluding hydrogens is 258 g/mol. The van der Waals surface area contributed by atoms with Crippen LogP contribution in [0.1, 0.15) is 29.8 Å². The van der Waals surface area contributed by atoms with E-state index in [2.05, 4.69) is 16.4 Å². The Balaban J connectivity index is 1.95. The molecule has 0 aliphatic heterocycles. The molecule has 0 saturated carbocycles. The predicted octanol–water partition coefficient (Wildman–Crippen LogP) is 2.45. The fourth-order valence-corrected chi connectivity index (χ4v) is 2.45. The molecule has 0 radical (unpaired) electrons. The highest BCUT2D eigenvalue weighted by Gasteiger charge is 2.11. The van der Waals surface area contributed by atoms with E-state index in [-0.39, 0.29) is 18.4 Å². The van der Waals surface area contributed by atoms with Crippen molar-refractivity contribution in [3.05, 3.63) is 46.5 Å². The summed E-state index contributed by atoms with van der Waals surface area (Å²) in [4.78, 5) is 16.0. The molecule has 19 heavy (non-hydrogen) atoms. The van der Waals surface area contributed by atoms with Crippen molar-refractivity contribution in [2.75, 3.05) is 5.73 Å². The highest BCUT2D eigenvalue weighted by atomic mass is 32.1. The zero-order valence-electron chi connectivity index (χ0n) is 11.0. The fraction of sp³-hybridized carbons (Fsp3) is 0.286. The normalized spacial score (nSPS) is 12.1. The molecular formula is C14H17N3OS. The van der Waals surface area contributed by atoms with Crippen molar-refractivity contribution < 1.29 is 4.79 Å². The van der Waals surface area contributed by atoms with E-state index >= 15 is 0 Å². The van der Waals surface area contributed by atoms with Crippen LogP contribution < -0.4 is 11.1 Å². The lowest BCUT2D eigenvalue weighted by molar-refractivity contribution is -0.121. The molecule has 1 aromatic heterocycles. The Hall–Kier alpha value is -1.88. The molecule has 5 heteroatoms. The van der Waals surface area contributed by atoms with Gasteiger partial charge in [-0.2, -0.15) is 0 Å². The Labute approximate surface area is 116 Å². The van der Waals surface area contributed by atoms with Crippen molar-refractivity contribution in [2.45, 2.75) is 26.3 Å². The van der Waals surface area contributed by atoms with Crippen LogP contribution in [-0.2, 0) is 11.2 Å². The van der Waals surface area contributed by atoms with E-state index in [4.69, 9.17) is 5.73 Å². The molecule has 2 aromatic rings. The number of nitrogen functional groups attached to an aromatic ring is 1. The average Bonchev–Trinajstić information content (AvgIpc) is 2.74. The first kappa shape index (κ1) is 13.5. The molecule has 1 aromatic carbocycles. The smallest absolute Gasteiger partial charge is 0.226 e. The number of carbonyl (C=O) groups excluding carboxylic acids is 1. The minimum absolute atomic E-state index is 0.0108. The van der Waals surface area contributed by atoms with E-state index < -0.39 is 0 Å². The van der Waals surface area contributed by atoms with Gasteiger partial charge in [0.15, 0.2) is 5.13 Å². The summed E-state index contributed by atoms with van der Waals surface area (Å²) in [6.07, 6.45) is 0.268. The molecule has 0 spiro atoms. The predicted molar refractivity (Wildman–Crippen MR) is 78.0 cm³/mol. The maximum absolute atomic E-state index is 11.9. The van der Waals surface area contributed by atoms with Gasteiger partial charge in [0.05, 0.1) is 18.2 Å². The van der Waals surface area contributed by atoms with Crippen molar-refractivity contribution >= 4 is 22.4 Å². The topological polar surface area (TPSA) is 68.0 Å². The number of amides is 1. The van der Waals surface area contributed by atoms with Crippen molar-refractivity contribution in [3.8, 4) is 0 Å². The highest BCUT2D eigenvalue weighted by Crippen LogP contribution is 2.15. The summed E-state index contributed by atoms with van der Waals surface area (Å²) in [6, 6.07) is 8.11.